The van der Waals surface area contributed by atoms with E-state index in [1.54, 1.807) is 5.56 Å². The third-order valence-corrected chi connectivity index (χ3v) is 6.10. The van der Waals surface area contributed by atoms with E-state index in [0.29, 0.717) is 0 Å². The Balaban J connectivity index is 0.00000121. The predicted octanol–water partition coefficient (Wildman–Crippen LogP) is 4.82. The summed E-state index contributed by atoms with van der Waals surface area (Å²) in [5.74, 6) is 2.70. The maximum atomic E-state index is 3.57. The van der Waals surface area contributed by atoms with Gasteiger partial charge in [-0.2, -0.15) is 0 Å². The molecule has 4 rings (SSSR count). The van der Waals surface area contributed by atoms with Gasteiger partial charge >= 0.3 is 0 Å². The molecule has 2 aromatic rings. The zero-order valence-corrected chi connectivity index (χ0v) is 13.3. The molecule has 20 heavy (non-hydrogen) atoms. The number of hydrogen-bond donors (Lipinski definition) is 1. The number of benzene rings is 1. The van der Waals surface area contributed by atoms with Gasteiger partial charge < -0.3 is 5.32 Å². The van der Waals surface area contributed by atoms with Crippen molar-refractivity contribution >= 4 is 33.8 Å². The van der Waals surface area contributed by atoms with Crippen LogP contribution in [0.4, 0.5) is 0 Å². The minimum atomic E-state index is 0. The van der Waals surface area contributed by atoms with E-state index in [-0.39, 0.29) is 12.4 Å². The molecule has 0 spiro atoms. The highest BCUT2D eigenvalue weighted by Gasteiger charge is 2.31. The lowest BCUT2D eigenvalue weighted by atomic mass is 9.89. The largest absolute Gasteiger partial charge is 0.316 e. The van der Waals surface area contributed by atoms with Crippen molar-refractivity contribution in [3.8, 4) is 0 Å². The van der Waals surface area contributed by atoms with Gasteiger partial charge in [-0.25, -0.2) is 0 Å². The van der Waals surface area contributed by atoms with Crippen molar-refractivity contribution in [2.24, 2.45) is 11.8 Å². The van der Waals surface area contributed by atoms with Crippen LogP contribution in [-0.4, -0.2) is 13.1 Å². The van der Waals surface area contributed by atoms with Crippen LogP contribution in [0.1, 0.15) is 37.2 Å². The lowest BCUT2D eigenvalue weighted by molar-refractivity contribution is 0.397. The summed E-state index contributed by atoms with van der Waals surface area (Å²) in [6.45, 7) is 2.53. The Labute approximate surface area is 131 Å². The Kier molecular flexibility index (Phi) is 4.34. The second kappa shape index (κ2) is 6.05. The number of halogens is 1. The predicted molar refractivity (Wildman–Crippen MR) is 90.1 cm³/mol. The van der Waals surface area contributed by atoms with Crippen molar-refractivity contribution in [1.82, 2.24) is 5.32 Å². The molecule has 2 aliphatic rings. The molecule has 0 amide bonds. The van der Waals surface area contributed by atoms with Crippen molar-refractivity contribution < 1.29 is 0 Å². The van der Waals surface area contributed by atoms with E-state index >= 15 is 0 Å². The molecule has 2 atom stereocenters. The van der Waals surface area contributed by atoms with Crippen LogP contribution in [0, 0.1) is 11.8 Å². The lowest BCUT2D eigenvalue weighted by Crippen LogP contribution is -2.09. The van der Waals surface area contributed by atoms with E-state index < -0.39 is 0 Å². The Morgan fingerprint density at radius 1 is 0.950 bits per heavy atom. The average molecular weight is 308 g/mol. The van der Waals surface area contributed by atoms with Crippen LogP contribution in [0.3, 0.4) is 0 Å². The molecule has 3 heteroatoms. The Morgan fingerprint density at radius 3 is 2.45 bits per heavy atom. The van der Waals surface area contributed by atoms with Crippen molar-refractivity contribution in [2.45, 2.75) is 31.6 Å². The molecule has 1 aliphatic heterocycles. The van der Waals surface area contributed by atoms with Gasteiger partial charge in [0.05, 0.1) is 0 Å². The van der Waals surface area contributed by atoms with E-state index in [0.717, 1.165) is 17.8 Å². The standard InChI is InChI=1S/C17H21NS.ClH/c1-2-15(16-8-9-19-17(16)3-1)12-4-6-13-10-18-11-14(13)7-5-12;/h1-3,8-9,12-14,18H,4-7,10-11H2;1H. The molecule has 2 fully saturated rings. The third kappa shape index (κ3) is 2.49. The average Bonchev–Trinajstić information content (AvgIpc) is 3.04. The van der Waals surface area contributed by atoms with Crippen LogP contribution in [0.15, 0.2) is 29.6 Å². The van der Waals surface area contributed by atoms with E-state index in [4.69, 9.17) is 0 Å². The maximum Gasteiger partial charge on any atom is 0.0345 e. The molecule has 1 saturated heterocycles. The van der Waals surface area contributed by atoms with Crippen molar-refractivity contribution in [3.63, 3.8) is 0 Å². The quantitative estimate of drug-likeness (QED) is 0.796. The summed E-state index contributed by atoms with van der Waals surface area (Å²) in [6, 6.07) is 9.21. The fraction of sp³-hybridized carbons (Fsp3) is 0.529. The van der Waals surface area contributed by atoms with E-state index in [1.165, 1.54) is 48.9 Å². The summed E-state index contributed by atoms with van der Waals surface area (Å²) in [6.07, 6.45) is 5.61. The van der Waals surface area contributed by atoms with Crippen molar-refractivity contribution in [2.75, 3.05) is 13.1 Å². The number of rotatable bonds is 1. The van der Waals surface area contributed by atoms with Crippen LogP contribution >= 0.6 is 23.7 Å². The van der Waals surface area contributed by atoms with Crippen LogP contribution in [0.2, 0.25) is 0 Å². The summed E-state index contributed by atoms with van der Waals surface area (Å²) in [4.78, 5) is 0. The normalized spacial score (nSPS) is 29.7. The fourth-order valence-electron chi connectivity index (χ4n) is 4.12. The monoisotopic (exact) mass is 307 g/mol. The van der Waals surface area contributed by atoms with E-state index in [1.807, 2.05) is 11.3 Å². The molecule has 2 unspecified atom stereocenters. The Morgan fingerprint density at radius 2 is 1.70 bits per heavy atom. The zero-order valence-electron chi connectivity index (χ0n) is 11.7. The van der Waals surface area contributed by atoms with Gasteiger partial charge in [-0.05, 0) is 85.0 Å². The molecule has 1 aromatic heterocycles. The minimum absolute atomic E-state index is 0. The van der Waals surface area contributed by atoms with E-state index in [2.05, 4.69) is 35.0 Å². The zero-order chi connectivity index (χ0) is 12.7. The van der Waals surface area contributed by atoms with Crippen LogP contribution in [-0.2, 0) is 0 Å². The molecule has 1 nitrogen and oxygen atoms in total. The molecule has 1 N–H and O–H groups in total. The third-order valence-electron chi connectivity index (χ3n) is 5.22. The van der Waals surface area contributed by atoms with Gasteiger partial charge in [-0.3, -0.25) is 0 Å². The number of hydrogen-bond acceptors (Lipinski definition) is 2. The summed E-state index contributed by atoms with van der Waals surface area (Å²) >= 11 is 1.88. The van der Waals surface area contributed by atoms with E-state index in [9.17, 15) is 0 Å². The van der Waals surface area contributed by atoms with Crippen molar-refractivity contribution in [3.05, 3.63) is 35.2 Å². The molecule has 0 radical (unpaired) electrons. The van der Waals surface area contributed by atoms with Gasteiger partial charge in [0.15, 0.2) is 0 Å². The first kappa shape index (κ1) is 14.4. The fourth-order valence-corrected chi connectivity index (χ4v) is 4.94. The number of fused-ring (bicyclic) bond motifs is 2. The summed E-state index contributed by atoms with van der Waals surface area (Å²) in [7, 11) is 0. The molecule has 1 aliphatic carbocycles. The second-order valence-corrected chi connectivity index (χ2v) is 7.16. The molecule has 2 heterocycles. The first-order valence-electron chi connectivity index (χ1n) is 7.58. The Bertz CT molecular complexity index is 565. The second-order valence-electron chi connectivity index (χ2n) is 6.21. The molecule has 1 saturated carbocycles. The molecular formula is C17H22ClNS. The summed E-state index contributed by atoms with van der Waals surface area (Å²) in [5, 5.41) is 7.33. The first-order valence-corrected chi connectivity index (χ1v) is 8.46. The highest BCUT2D eigenvalue weighted by molar-refractivity contribution is 7.17. The minimum Gasteiger partial charge on any atom is -0.316 e. The smallest absolute Gasteiger partial charge is 0.0345 e. The van der Waals surface area contributed by atoms with Crippen LogP contribution in [0.25, 0.3) is 10.1 Å². The van der Waals surface area contributed by atoms with Gasteiger partial charge in [0.2, 0.25) is 0 Å². The summed E-state index contributed by atoms with van der Waals surface area (Å²) in [5.41, 5.74) is 1.62. The number of nitrogens with one attached hydrogen (secondary N) is 1. The molecule has 108 valence electrons. The highest BCUT2D eigenvalue weighted by Crippen LogP contribution is 2.41. The highest BCUT2D eigenvalue weighted by atomic mass is 35.5. The maximum absolute atomic E-state index is 3.57. The molecule has 0 bridgehead atoms. The first-order chi connectivity index (χ1) is 9.42. The van der Waals surface area contributed by atoms with Crippen LogP contribution < -0.4 is 5.32 Å². The molecule has 1 aromatic carbocycles. The van der Waals surface area contributed by atoms with Gasteiger partial charge in [0, 0.05) is 4.70 Å². The summed E-state index contributed by atoms with van der Waals surface area (Å²) < 4.78 is 1.46. The van der Waals surface area contributed by atoms with Gasteiger partial charge in [0.1, 0.15) is 0 Å². The van der Waals surface area contributed by atoms with Gasteiger partial charge in [-0.1, -0.05) is 12.1 Å². The van der Waals surface area contributed by atoms with Gasteiger partial charge in [0.25, 0.3) is 0 Å². The molecular weight excluding hydrogens is 286 g/mol. The number of thiophene rings is 1. The van der Waals surface area contributed by atoms with Crippen LogP contribution in [0.5, 0.6) is 0 Å². The SMILES string of the molecule is Cl.c1cc(C2CCC3CNCC3CC2)c2ccsc2c1. The lowest BCUT2D eigenvalue weighted by Gasteiger charge is -2.16. The topological polar surface area (TPSA) is 12.0 Å². The van der Waals surface area contributed by atoms with Gasteiger partial charge in [-0.15, -0.1) is 23.7 Å². The van der Waals surface area contributed by atoms with Crippen molar-refractivity contribution in [1.29, 1.82) is 0 Å². The Hall–Kier alpha value is -0.570.